The van der Waals surface area contributed by atoms with E-state index < -0.39 is 16.6 Å². The summed E-state index contributed by atoms with van der Waals surface area (Å²) in [7, 11) is 0. The summed E-state index contributed by atoms with van der Waals surface area (Å²) in [5.41, 5.74) is -0.466. The van der Waals surface area contributed by atoms with Crippen molar-refractivity contribution in [1.82, 2.24) is 0 Å². The molecule has 0 amide bonds. The number of esters is 1. The molecule has 2 aliphatic heterocycles. The van der Waals surface area contributed by atoms with E-state index >= 15 is 0 Å². The van der Waals surface area contributed by atoms with Crippen LogP contribution < -0.4 is 0 Å². The van der Waals surface area contributed by atoms with Gasteiger partial charge in [0.1, 0.15) is 11.2 Å². The molecule has 1 spiro atoms. The third kappa shape index (κ3) is 2.24. The standard InChI is InChI=1S/C30H44O4/c1-24(2)19-10-13-27(5)20(25(19,3)12-11-21(24)31)9-8-18-22-29(7,33)28(6)15-17-30(22,23(32)34-28)16-14-26(18,27)4/h8-9,19-21,31,33H,10-17H2,1-7H3/t19-,20+,21-,25-,26+,27+,28-,29-,30+/m0/s1. The maximum atomic E-state index is 13.4. The first-order valence-electron chi connectivity index (χ1n) is 13.7. The van der Waals surface area contributed by atoms with Crippen molar-refractivity contribution in [3.63, 3.8) is 0 Å². The largest absolute Gasteiger partial charge is 0.455 e. The molecule has 5 fully saturated rings. The average molecular weight is 469 g/mol. The zero-order chi connectivity index (χ0) is 24.7. The van der Waals surface area contributed by atoms with Crippen molar-refractivity contribution in [2.75, 3.05) is 0 Å². The van der Waals surface area contributed by atoms with E-state index in [4.69, 9.17) is 4.74 Å². The lowest BCUT2D eigenvalue weighted by molar-refractivity contribution is -0.238. The topological polar surface area (TPSA) is 66.8 Å². The fourth-order valence-corrected chi connectivity index (χ4v) is 10.5. The van der Waals surface area contributed by atoms with E-state index in [1.54, 1.807) is 0 Å². The van der Waals surface area contributed by atoms with Crippen LogP contribution in [0.15, 0.2) is 23.3 Å². The van der Waals surface area contributed by atoms with Crippen LogP contribution in [0.2, 0.25) is 0 Å². The third-order valence-corrected chi connectivity index (χ3v) is 13.2. The zero-order valence-corrected chi connectivity index (χ0v) is 22.3. The minimum atomic E-state index is -1.15. The van der Waals surface area contributed by atoms with Gasteiger partial charge in [-0.05, 0) is 110 Å². The van der Waals surface area contributed by atoms with Crippen molar-refractivity contribution < 1.29 is 19.7 Å². The highest BCUT2D eigenvalue weighted by molar-refractivity contribution is 5.86. The van der Waals surface area contributed by atoms with E-state index in [0.717, 1.165) is 56.9 Å². The smallest absolute Gasteiger partial charge is 0.317 e. The molecule has 5 aliphatic carbocycles. The fourth-order valence-electron chi connectivity index (χ4n) is 10.5. The Balaban J connectivity index is 1.56. The lowest BCUT2D eigenvalue weighted by atomic mass is 9.35. The molecule has 0 unspecified atom stereocenters. The van der Waals surface area contributed by atoms with Crippen LogP contribution in [0.3, 0.4) is 0 Å². The summed E-state index contributed by atoms with van der Waals surface area (Å²) in [5, 5.41) is 22.9. The predicted octanol–water partition coefficient (Wildman–Crippen LogP) is 5.72. The molecule has 4 nitrogen and oxygen atoms in total. The molecular weight excluding hydrogens is 424 g/mol. The van der Waals surface area contributed by atoms with Crippen LogP contribution in [-0.4, -0.2) is 33.5 Å². The van der Waals surface area contributed by atoms with E-state index in [1.165, 1.54) is 5.57 Å². The molecule has 2 heterocycles. The highest BCUT2D eigenvalue weighted by Crippen LogP contribution is 2.75. The summed E-state index contributed by atoms with van der Waals surface area (Å²) in [6.45, 7) is 15.8. The predicted molar refractivity (Wildman–Crippen MR) is 132 cm³/mol. The van der Waals surface area contributed by atoms with Gasteiger partial charge >= 0.3 is 5.97 Å². The molecule has 9 atom stereocenters. The SMILES string of the molecule is CC1(C)[C@@H](O)CC[C@]2(C)[C@H]3C=CC4=C5[C@]6(CC[C@](C)(OC6=O)[C@@]5(C)O)CC[C@@]4(C)[C@]3(C)CC[C@@H]12. The molecule has 3 saturated carbocycles. The Morgan fingerprint density at radius 2 is 1.59 bits per heavy atom. The first kappa shape index (κ1) is 23.3. The van der Waals surface area contributed by atoms with Crippen LogP contribution in [0.4, 0.5) is 0 Å². The quantitative estimate of drug-likeness (QED) is 0.446. The summed E-state index contributed by atoms with van der Waals surface area (Å²) in [5.74, 6) is 0.792. The second kappa shape index (κ2) is 6.22. The minimum absolute atomic E-state index is 0.0485. The normalized spacial score (nSPS) is 57.3. The Labute approximate surface area is 205 Å². The van der Waals surface area contributed by atoms with Crippen LogP contribution in [0, 0.1) is 38.9 Å². The van der Waals surface area contributed by atoms with Gasteiger partial charge in [-0.1, -0.05) is 46.8 Å². The van der Waals surface area contributed by atoms with Crippen molar-refractivity contribution in [2.24, 2.45) is 38.9 Å². The summed E-state index contributed by atoms with van der Waals surface area (Å²) in [4.78, 5) is 13.4. The Morgan fingerprint density at radius 1 is 0.912 bits per heavy atom. The number of allylic oxidation sites excluding steroid dienone is 3. The van der Waals surface area contributed by atoms with Gasteiger partial charge in [0, 0.05) is 0 Å². The maximum absolute atomic E-state index is 13.4. The van der Waals surface area contributed by atoms with Gasteiger partial charge in [-0.15, -0.1) is 0 Å². The molecule has 7 aliphatic rings. The van der Waals surface area contributed by atoms with E-state index in [0.29, 0.717) is 11.8 Å². The van der Waals surface area contributed by atoms with Crippen molar-refractivity contribution in [1.29, 1.82) is 0 Å². The molecule has 7 rings (SSSR count). The van der Waals surface area contributed by atoms with Gasteiger partial charge < -0.3 is 14.9 Å². The number of carbonyl (C=O) groups excluding carboxylic acids is 1. The van der Waals surface area contributed by atoms with E-state index in [1.807, 2.05) is 13.8 Å². The van der Waals surface area contributed by atoms with Gasteiger partial charge in [-0.2, -0.15) is 0 Å². The lowest BCUT2D eigenvalue weighted by Crippen LogP contribution is -2.71. The van der Waals surface area contributed by atoms with Crippen molar-refractivity contribution in [3.8, 4) is 0 Å². The molecule has 2 saturated heterocycles. The molecule has 0 radical (unpaired) electrons. The number of aliphatic hydroxyl groups is 2. The Hall–Kier alpha value is -1.13. The number of ether oxygens (including phenoxy) is 1. The molecule has 4 heteroatoms. The van der Waals surface area contributed by atoms with Crippen molar-refractivity contribution >= 4 is 5.97 Å². The highest BCUT2D eigenvalue weighted by Gasteiger charge is 2.73. The summed E-state index contributed by atoms with van der Waals surface area (Å²) >= 11 is 0. The fraction of sp³-hybridized carbons (Fsp3) is 0.833. The first-order chi connectivity index (χ1) is 15.6. The van der Waals surface area contributed by atoms with E-state index in [2.05, 4.69) is 46.8 Å². The maximum Gasteiger partial charge on any atom is 0.317 e. The lowest BCUT2D eigenvalue weighted by Gasteiger charge is -2.70. The molecule has 0 aromatic heterocycles. The molecule has 188 valence electrons. The highest BCUT2D eigenvalue weighted by atomic mass is 16.6. The molecule has 0 aromatic carbocycles. The Morgan fingerprint density at radius 3 is 2.26 bits per heavy atom. The molecule has 2 N–H and O–H groups in total. The monoisotopic (exact) mass is 468 g/mol. The van der Waals surface area contributed by atoms with E-state index in [9.17, 15) is 15.0 Å². The van der Waals surface area contributed by atoms with Gasteiger partial charge in [0.2, 0.25) is 0 Å². The Kier molecular flexibility index (Phi) is 4.26. The third-order valence-electron chi connectivity index (χ3n) is 13.2. The van der Waals surface area contributed by atoms with Gasteiger partial charge in [0.05, 0.1) is 11.5 Å². The average Bonchev–Trinajstić information content (AvgIpc) is 2.74. The number of aliphatic hydroxyl groups excluding tert-OH is 1. The van der Waals surface area contributed by atoms with Crippen LogP contribution in [0.5, 0.6) is 0 Å². The first-order valence-corrected chi connectivity index (χ1v) is 13.7. The molecule has 2 bridgehead atoms. The number of hydrogen-bond acceptors (Lipinski definition) is 4. The number of hydrogen-bond donors (Lipinski definition) is 2. The van der Waals surface area contributed by atoms with Crippen LogP contribution >= 0.6 is 0 Å². The second-order valence-electron chi connectivity index (χ2n) is 14.6. The van der Waals surface area contributed by atoms with Crippen molar-refractivity contribution in [2.45, 2.75) is 117 Å². The summed E-state index contributed by atoms with van der Waals surface area (Å²) in [6.07, 6.45) is 11.9. The molecule has 34 heavy (non-hydrogen) atoms. The molecular formula is C30H44O4. The van der Waals surface area contributed by atoms with Crippen LogP contribution in [0.1, 0.15) is 99.8 Å². The van der Waals surface area contributed by atoms with Crippen molar-refractivity contribution in [3.05, 3.63) is 23.3 Å². The van der Waals surface area contributed by atoms with Gasteiger partial charge in [0.15, 0.2) is 0 Å². The zero-order valence-electron chi connectivity index (χ0n) is 22.3. The van der Waals surface area contributed by atoms with Crippen LogP contribution in [-0.2, 0) is 9.53 Å². The number of carbonyl (C=O) groups is 1. The van der Waals surface area contributed by atoms with Crippen LogP contribution in [0.25, 0.3) is 0 Å². The number of fused-ring (bicyclic) bond motifs is 7. The summed E-state index contributed by atoms with van der Waals surface area (Å²) in [6, 6.07) is 0. The van der Waals surface area contributed by atoms with Gasteiger partial charge in [0.25, 0.3) is 0 Å². The van der Waals surface area contributed by atoms with Gasteiger partial charge in [-0.3, -0.25) is 4.79 Å². The van der Waals surface area contributed by atoms with E-state index in [-0.39, 0.29) is 33.7 Å². The number of rotatable bonds is 0. The summed E-state index contributed by atoms with van der Waals surface area (Å²) < 4.78 is 5.94. The van der Waals surface area contributed by atoms with Gasteiger partial charge in [-0.25, -0.2) is 0 Å². The molecule has 0 aromatic rings. The Bertz CT molecular complexity index is 1040. The minimum Gasteiger partial charge on any atom is -0.455 e. The second-order valence-corrected chi connectivity index (χ2v) is 14.6.